The molecular weight excluding hydrogens is 258 g/mol. The van der Waals surface area contributed by atoms with E-state index in [1.54, 1.807) is 12.3 Å². The van der Waals surface area contributed by atoms with Crippen LogP contribution in [0.1, 0.15) is 5.69 Å². The summed E-state index contributed by atoms with van der Waals surface area (Å²) in [7, 11) is 4.01. The molecule has 1 aliphatic rings. The van der Waals surface area contributed by atoms with Crippen molar-refractivity contribution in [3.05, 3.63) is 28.2 Å². The van der Waals surface area contributed by atoms with Gasteiger partial charge in [-0.05, 0) is 14.1 Å². The summed E-state index contributed by atoms with van der Waals surface area (Å²) in [5.74, 6) is -0.186. The Labute approximate surface area is 119 Å². The van der Waals surface area contributed by atoms with Gasteiger partial charge in [0.05, 0.1) is 19.4 Å². The first-order valence-electron chi connectivity index (χ1n) is 6.93. The van der Waals surface area contributed by atoms with Crippen LogP contribution >= 0.6 is 0 Å². The first-order valence-corrected chi connectivity index (χ1v) is 6.93. The maximum atomic E-state index is 11.7. The van der Waals surface area contributed by atoms with E-state index in [1.165, 1.54) is 0 Å². The van der Waals surface area contributed by atoms with E-state index in [9.17, 15) is 9.90 Å². The van der Waals surface area contributed by atoms with E-state index in [0.29, 0.717) is 6.54 Å². The minimum atomic E-state index is -0.311. The lowest BCUT2D eigenvalue weighted by Gasteiger charge is -2.28. The molecule has 2 rings (SSSR count). The Morgan fingerprint density at radius 3 is 2.70 bits per heavy atom. The number of morpholine rings is 1. The van der Waals surface area contributed by atoms with Crippen molar-refractivity contribution < 1.29 is 9.84 Å². The van der Waals surface area contributed by atoms with Crippen molar-refractivity contribution in [2.24, 2.45) is 0 Å². The molecule has 0 aliphatic carbocycles. The number of rotatable bonds is 5. The second kappa shape index (κ2) is 6.88. The molecule has 112 valence electrons. The highest BCUT2D eigenvalue weighted by molar-refractivity contribution is 5.20. The lowest BCUT2D eigenvalue weighted by molar-refractivity contribution is 0.0330. The van der Waals surface area contributed by atoms with Crippen molar-refractivity contribution in [3.8, 4) is 5.75 Å². The highest BCUT2D eigenvalue weighted by Gasteiger charge is 2.14. The molecule has 6 nitrogen and oxygen atoms in total. The van der Waals surface area contributed by atoms with Gasteiger partial charge in [-0.1, -0.05) is 0 Å². The summed E-state index contributed by atoms with van der Waals surface area (Å²) in [6, 6.07) is 1.54. The summed E-state index contributed by atoms with van der Waals surface area (Å²) >= 11 is 0. The summed E-state index contributed by atoms with van der Waals surface area (Å²) in [6.07, 6.45) is 1.54. The van der Waals surface area contributed by atoms with Crippen LogP contribution in [-0.4, -0.2) is 66.4 Å². The van der Waals surface area contributed by atoms with Crippen LogP contribution in [0.2, 0.25) is 0 Å². The van der Waals surface area contributed by atoms with Gasteiger partial charge >= 0.3 is 0 Å². The van der Waals surface area contributed by atoms with Gasteiger partial charge in [0.25, 0.3) is 0 Å². The van der Waals surface area contributed by atoms with E-state index in [0.717, 1.165) is 45.1 Å². The Morgan fingerprint density at radius 2 is 2.05 bits per heavy atom. The van der Waals surface area contributed by atoms with Crippen LogP contribution in [0.3, 0.4) is 0 Å². The molecule has 2 heterocycles. The van der Waals surface area contributed by atoms with Crippen LogP contribution in [-0.2, 0) is 17.8 Å². The molecule has 1 aromatic rings. The number of nitrogens with zero attached hydrogens (tertiary/aromatic N) is 3. The Hall–Kier alpha value is -1.37. The van der Waals surface area contributed by atoms with Gasteiger partial charge in [0, 0.05) is 44.5 Å². The van der Waals surface area contributed by atoms with Gasteiger partial charge in [-0.15, -0.1) is 0 Å². The maximum absolute atomic E-state index is 11.7. The average molecular weight is 281 g/mol. The zero-order valence-corrected chi connectivity index (χ0v) is 12.2. The topological polar surface area (TPSA) is 57.9 Å². The molecule has 0 radical (unpaired) electrons. The number of hydrogen-bond acceptors (Lipinski definition) is 5. The minimum absolute atomic E-state index is 0.186. The third kappa shape index (κ3) is 4.06. The summed E-state index contributed by atoms with van der Waals surface area (Å²) in [4.78, 5) is 16.0. The number of pyridine rings is 1. The van der Waals surface area contributed by atoms with E-state index < -0.39 is 0 Å². The zero-order valence-electron chi connectivity index (χ0n) is 12.2. The molecule has 0 saturated carbocycles. The number of likely N-dealkylation sites (N-methyl/N-ethyl adjacent to an activating group) is 1. The van der Waals surface area contributed by atoms with Gasteiger partial charge < -0.3 is 19.3 Å². The molecule has 0 unspecified atom stereocenters. The van der Waals surface area contributed by atoms with Gasteiger partial charge in [-0.2, -0.15) is 0 Å². The van der Waals surface area contributed by atoms with Gasteiger partial charge in [0.1, 0.15) is 0 Å². The number of hydrogen-bond donors (Lipinski definition) is 1. The van der Waals surface area contributed by atoms with Gasteiger partial charge in [0.15, 0.2) is 5.75 Å². The molecular formula is C14H23N3O3. The highest BCUT2D eigenvalue weighted by Crippen LogP contribution is 2.10. The van der Waals surface area contributed by atoms with E-state index in [-0.39, 0.29) is 11.2 Å². The van der Waals surface area contributed by atoms with Gasteiger partial charge in [0.2, 0.25) is 5.43 Å². The number of aromatic nitrogens is 1. The quantitative estimate of drug-likeness (QED) is 0.820. The predicted octanol–water partition coefficient (Wildman–Crippen LogP) is -0.0523. The summed E-state index contributed by atoms with van der Waals surface area (Å²) in [6.45, 7) is 5.55. The third-order valence-corrected chi connectivity index (χ3v) is 3.47. The Bertz CT molecular complexity index is 493. The fraction of sp³-hybridized carbons (Fsp3) is 0.643. The van der Waals surface area contributed by atoms with Crippen molar-refractivity contribution in [1.82, 2.24) is 14.4 Å². The Morgan fingerprint density at radius 1 is 1.35 bits per heavy atom. The van der Waals surface area contributed by atoms with Crippen LogP contribution in [0.4, 0.5) is 0 Å². The molecule has 1 saturated heterocycles. The van der Waals surface area contributed by atoms with Crippen LogP contribution in [0.25, 0.3) is 0 Å². The van der Waals surface area contributed by atoms with Crippen molar-refractivity contribution >= 4 is 0 Å². The molecule has 0 amide bonds. The first-order chi connectivity index (χ1) is 9.56. The molecule has 1 fully saturated rings. The molecule has 0 bridgehead atoms. The standard InChI is InChI=1S/C14H23N3O3/c1-15(2)3-4-17-11-14(19)13(18)9-12(17)10-16-5-7-20-8-6-16/h9,11,19H,3-8,10H2,1-2H3. The molecule has 0 atom stereocenters. The lowest BCUT2D eigenvalue weighted by atomic mass is 10.2. The average Bonchev–Trinajstić information content (AvgIpc) is 2.42. The van der Waals surface area contributed by atoms with Gasteiger partial charge in [-0.25, -0.2) is 0 Å². The molecule has 1 N–H and O–H groups in total. The van der Waals surface area contributed by atoms with E-state index in [4.69, 9.17) is 4.74 Å². The van der Waals surface area contributed by atoms with Crippen molar-refractivity contribution in [1.29, 1.82) is 0 Å². The predicted molar refractivity (Wildman–Crippen MR) is 77.0 cm³/mol. The molecule has 6 heteroatoms. The zero-order chi connectivity index (χ0) is 14.5. The largest absolute Gasteiger partial charge is 0.503 e. The fourth-order valence-corrected chi connectivity index (χ4v) is 2.24. The van der Waals surface area contributed by atoms with Crippen LogP contribution in [0.15, 0.2) is 17.1 Å². The smallest absolute Gasteiger partial charge is 0.223 e. The van der Waals surface area contributed by atoms with Gasteiger partial charge in [-0.3, -0.25) is 9.69 Å². The summed E-state index contributed by atoms with van der Waals surface area (Å²) in [5, 5.41) is 9.62. The van der Waals surface area contributed by atoms with Crippen LogP contribution in [0, 0.1) is 0 Å². The highest BCUT2D eigenvalue weighted by atomic mass is 16.5. The van der Waals surface area contributed by atoms with E-state index in [1.807, 2.05) is 18.7 Å². The second-order valence-corrected chi connectivity index (χ2v) is 5.40. The van der Waals surface area contributed by atoms with Crippen molar-refractivity contribution in [2.45, 2.75) is 13.1 Å². The molecule has 0 aromatic carbocycles. The van der Waals surface area contributed by atoms with E-state index in [2.05, 4.69) is 9.80 Å². The Kier molecular flexibility index (Phi) is 5.17. The van der Waals surface area contributed by atoms with Crippen LogP contribution in [0.5, 0.6) is 5.75 Å². The number of aromatic hydroxyl groups is 1. The summed E-state index contributed by atoms with van der Waals surface area (Å²) in [5.41, 5.74) is 0.630. The lowest BCUT2D eigenvalue weighted by Crippen LogP contribution is -2.37. The summed E-state index contributed by atoms with van der Waals surface area (Å²) < 4.78 is 7.30. The molecule has 20 heavy (non-hydrogen) atoms. The third-order valence-electron chi connectivity index (χ3n) is 3.47. The Balaban J connectivity index is 2.15. The number of ether oxygens (including phenoxy) is 1. The van der Waals surface area contributed by atoms with Crippen molar-refractivity contribution in [3.63, 3.8) is 0 Å². The van der Waals surface area contributed by atoms with Crippen LogP contribution < -0.4 is 5.43 Å². The van der Waals surface area contributed by atoms with E-state index >= 15 is 0 Å². The molecule has 1 aliphatic heterocycles. The normalized spacial score (nSPS) is 16.8. The maximum Gasteiger partial charge on any atom is 0.223 e. The second-order valence-electron chi connectivity index (χ2n) is 5.40. The first kappa shape index (κ1) is 15.0. The molecule has 1 aromatic heterocycles. The fourth-order valence-electron chi connectivity index (χ4n) is 2.24. The molecule has 0 spiro atoms. The van der Waals surface area contributed by atoms with Crippen molar-refractivity contribution in [2.75, 3.05) is 46.9 Å². The minimum Gasteiger partial charge on any atom is -0.503 e. The monoisotopic (exact) mass is 281 g/mol. The SMILES string of the molecule is CN(C)CCn1cc(O)c(=O)cc1CN1CCOCC1.